The summed E-state index contributed by atoms with van der Waals surface area (Å²) >= 11 is 0. The van der Waals surface area contributed by atoms with Crippen LogP contribution in [0.2, 0.25) is 0 Å². The van der Waals surface area contributed by atoms with Gasteiger partial charge in [0.25, 0.3) is 0 Å². The second kappa shape index (κ2) is 6.88. The molecule has 8 heteroatoms. The smallest absolute Gasteiger partial charge is 0.437 e. The van der Waals surface area contributed by atoms with E-state index in [1.165, 1.54) is 0 Å². The molecule has 1 amide bonds. The molecule has 0 aliphatic heterocycles. The van der Waals surface area contributed by atoms with Crippen LogP contribution in [0.5, 0.6) is 0 Å². The molecule has 20 heavy (non-hydrogen) atoms. The lowest BCUT2D eigenvalue weighted by Crippen LogP contribution is -2.33. The van der Waals surface area contributed by atoms with Crippen molar-refractivity contribution < 1.29 is 18.7 Å². The summed E-state index contributed by atoms with van der Waals surface area (Å²) in [5.74, 6) is -0.406. The fourth-order valence-electron chi connectivity index (χ4n) is 1.35. The van der Waals surface area contributed by atoms with Crippen molar-refractivity contribution >= 4 is 12.4 Å². The summed E-state index contributed by atoms with van der Waals surface area (Å²) in [5.41, 5.74) is -0.562. The lowest BCUT2D eigenvalue weighted by Gasteiger charge is -2.19. The van der Waals surface area contributed by atoms with Crippen molar-refractivity contribution in [2.24, 2.45) is 0 Å². The number of hydrogen-bond donors (Lipinski definition) is 1. The molecule has 1 N–H and O–H groups in total. The van der Waals surface area contributed by atoms with E-state index < -0.39 is 17.5 Å². The fourth-order valence-corrected chi connectivity index (χ4v) is 1.35. The van der Waals surface area contributed by atoms with Crippen LogP contribution in [0, 0.1) is 0 Å². The predicted molar refractivity (Wildman–Crippen MR) is 69.4 cm³/mol. The zero-order valence-electron chi connectivity index (χ0n) is 11.8. The molecule has 8 nitrogen and oxygen atoms in total. The Morgan fingerprint density at radius 3 is 2.80 bits per heavy atom. The number of aryl methyl sites for hydroxylation is 1. The molecule has 0 fully saturated rings. The SMILES string of the molecule is CC(C)(C)OC(=O)NCCc1nn(CCC=O)c(=O)o1. The molecular weight excluding hydrogens is 266 g/mol. The third kappa shape index (κ3) is 5.68. The van der Waals surface area contributed by atoms with E-state index in [2.05, 4.69) is 10.4 Å². The zero-order chi connectivity index (χ0) is 15.2. The van der Waals surface area contributed by atoms with Crippen molar-refractivity contribution in [2.75, 3.05) is 6.54 Å². The van der Waals surface area contributed by atoms with Gasteiger partial charge in [0.1, 0.15) is 11.9 Å². The maximum atomic E-state index is 11.4. The van der Waals surface area contributed by atoms with Gasteiger partial charge in [0.15, 0.2) is 0 Å². The summed E-state index contributed by atoms with van der Waals surface area (Å²) in [6, 6.07) is 0. The summed E-state index contributed by atoms with van der Waals surface area (Å²) in [7, 11) is 0. The number of ether oxygens (including phenoxy) is 1. The third-order valence-electron chi connectivity index (χ3n) is 2.11. The van der Waals surface area contributed by atoms with Crippen molar-refractivity contribution in [2.45, 2.75) is 45.8 Å². The molecule has 0 atom stereocenters. The molecule has 112 valence electrons. The molecule has 0 spiro atoms. The number of nitrogens with zero attached hydrogens (tertiary/aromatic N) is 2. The van der Waals surface area contributed by atoms with Crippen molar-refractivity contribution in [3.05, 3.63) is 16.4 Å². The van der Waals surface area contributed by atoms with Gasteiger partial charge in [-0.05, 0) is 20.8 Å². The first-order valence-corrected chi connectivity index (χ1v) is 6.29. The third-order valence-corrected chi connectivity index (χ3v) is 2.11. The first kappa shape index (κ1) is 15.9. The van der Waals surface area contributed by atoms with Crippen LogP contribution in [0.4, 0.5) is 4.79 Å². The van der Waals surface area contributed by atoms with Crippen LogP contribution in [-0.2, 0) is 22.5 Å². The van der Waals surface area contributed by atoms with Crippen LogP contribution in [0.25, 0.3) is 0 Å². The highest BCUT2D eigenvalue weighted by molar-refractivity contribution is 5.67. The Kier molecular flexibility index (Phi) is 5.48. The van der Waals surface area contributed by atoms with Crippen molar-refractivity contribution in [1.82, 2.24) is 15.1 Å². The maximum Gasteiger partial charge on any atom is 0.437 e. The Balaban J connectivity index is 2.41. The number of aldehydes is 1. The highest BCUT2D eigenvalue weighted by Gasteiger charge is 2.16. The van der Waals surface area contributed by atoms with E-state index >= 15 is 0 Å². The van der Waals surface area contributed by atoms with E-state index in [4.69, 9.17) is 9.15 Å². The number of nitrogens with one attached hydrogen (secondary N) is 1. The van der Waals surface area contributed by atoms with Gasteiger partial charge in [0, 0.05) is 19.4 Å². The summed E-state index contributed by atoms with van der Waals surface area (Å²) in [4.78, 5) is 32.9. The van der Waals surface area contributed by atoms with Crippen LogP contribution in [0.1, 0.15) is 33.1 Å². The van der Waals surface area contributed by atoms with E-state index in [0.717, 1.165) is 4.68 Å². The number of carbonyl (C=O) groups is 2. The van der Waals surface area contributed by atoms with Gasteiger partial charge in [0.2, 0.25) is 5.89 Å². The molecule has 1 rings (SSSR count). The number of amides is 1. The van der Waals surface area contributed by atoms with Gasteiger partial charge >= 0.3 is 11.8 Å². The summed E-state index contributed by atoms with van der Waals surface area (Å²) in [6.45, 7) is 5.72. The molecule has 0 aliphatic carbocycles. The van der Waals surface area contributed by atoms with Crippen molar-refractivity contribution in [1.29, 1.82) is 0 Å². The molecular formula is C12H19N3O5. The normalized spacial score (nSPS) is 11.2. The molecule has 0 bridgehead atoms. The lowest BCUT2D eigenvalue weighted by atomic mass is 10.2. The van der Waals surface area contributed by atoms with Crippen LogP contribution in [-0.4, -0.2) is 34.3 Å². The summed E-state index contributed by atoms with van der Waals surface area (Å²) in [5, 5.41) is 6.44. The minimum atomic E-state index is -0.612. The second-order valence-electron chi connectivity index (χ2n) is 5.12. The molecule has 0 saturated carbocycles. The Hall–Kier alpha value is -2.12. The lowest BCUT2D eigenvalue weighted by molar-refractivity contribution is -0.108. The van der Waals surface area contributed by atoms with E-state index in [9.17, 15) is 14.4 Å². The molecule has 0 aromatic carbocycles. The molecule has 1 heterocycles. The van der Waals surface area contributed by atoms with Gasteiger partial charge in [-0.1, -0.05) is 0 Å². The van der Waals surface area contributed by atoms with Gasteiger partial charge in [-0.25, -0.2) is 9.59 Å². The minimum absolute atomic E-state index is 0.186. The van der Waals surface area contributed by atoms with Crippen molar-refractivity contribution in [3.8, 4) is 0 Å². The van der Waals surface area contributed by atoms with Gasteiger partial charge in [0.05, 0.1) is 6.54 Å². The average molecular weight is 285 g/mol. The number of hydrogen-bond acceptors (Lipinski definition) is 6. The van der Waals surface area contributed by atoms with Gasteiger partial charge in [-0.15, -0.1) is 5.10 Å². The van der Waals surface area contributed by atoms with Gasteiger partial charge < -0.3 is 19.3 Å². The molecule has 1 aromatic heterocycles. The predicted octanol–water partition coefficient (Wildman–Crippen LogP) is 0.492. The molecule has 0 unspecified atom stereocenters. The topological polar surface area (TPSA) is 103 Å². The quantitative estimate of drug-likeness (QED) is 0.763. The van der Waals surface area contributed by atoms with Gasteiger partial charge in [-0.2, -0.15) is 4.68 Å². The first-order chi connectivity index (χ1) is 9.31. The number of aromatic nitrogens is 2. The van der Waals surface area contributed by atoms with Crippen molar-refractivity contribution in [3.63, 3.8) is 0 Å². The maximum absolute atomic E-state index is 11.4. The van der Waals surface area contributed by atoms with E-state index in [0.29, 0.717) is 6.29 Å². The Morgan fingerprint density at radius 2 is 2.20 bits per heavy atom. The summed E-state index contributed by atoms with van der Waals surface area (Å²) < 4.78 is 11.0. The molecule has 1 aromatic rings. The Morgan fingerprint density at radius 1 is 1.50 bits per heavy atom. The number of alkyl carbamates (subject to hydrolysis) is 1. The molecule has 0 radical (unpaired) electrons. The fraction of sp³-hybridized carbons (Fsp3) is 0.667. The minimum Gasteiger partial charge on any atom is -0.444 e. The van der Waals surface area contributed by atoms with E-state index in [1.54, 1.807) is 20.8 Å². The van der Waals surface area contributed by atoms with Crippen LogP contribution in [0.15, 0.2) is 9.21 Å². The highest BCUT2D eigenvalue weighted by atomic mass is 16.6. The van der Waals surface area contributed by atoms with Crippen LogP contribution >= 0.6 is 0 Å². The first-order valence-electron chi connectivity index (χ1n) is 6.29. The Labute approximate surface area is 116 Å². The largest absolute Gasteiger partial charge is 0.444 e. The zero-order valence-corrected chi connectivity index (χ0v) is 11.8. The van der Waals surface area contributed by atoms with Crippen LogP contribution < -0.4 is 11.1 Å². The average Bonchev–Trinajstić information content (AvgIpc) is 2.65. The second-order valence-corrected chi connectivity index (χ2v) is 5.12. The van der Waals surface area contributed by atoms with Gasteiger partial charge in [-0.3, -0.25) is 0 Å². The number of rotatable bonds is 6. The number of carbonyl (C=O) groups excluding carboxylic acids is 2. The monoisotopic (exact) mass is 285 g/mol. The van der Waals surface area contributed by atoms with E-state index in [1.807, 2.05) is 0 Å². The summed E-state index contributed by atoms with van der Waals surface area (Å²) in [6.07, 6.45) is 0.621. The molecule has 0 saturated heterocycles. The standard InChI is InChI=1S/C12H19N3O5/c1-12(2,3)20-10(17)13-6-5-9-14-15(7-4-8-16)11(18)19-9/h8H,4-7H2,1-3H3,(H,13,17). The molecule has 0 aliphatic rings. The van der Waals surface area contributed by atoms with Crippen LogP contribution in [0.3, 0.4) is 0 Å². The highest BCUT2D eigenvalue weighted by Crippen LogP contribution is 2.06. The van der Waals surface area contributed by atoms with E-state index in [-0.39, 0.29) is 31.8 Å². The Bertz CT molecular complexity index is 512.